The van der Waals surface area contributed by atoms with Crippen molar-refractivity contribution < 1.29 is 5.11 Å². The van der Waals surface area contributed by atoms with Crippen LogP contribution in [0.1, 0.15) is 66.2 Å². The summed E-state index contributed by atoms with van der Waals surface area (Å²) < 4.78 is 0. The predicted octanol–water partition coefficient (Wildman–Crippen LogP) is 6.22. The first kappa shape index (κ1) is 21.7. The van der Waals surface area contributed by atoms with Crippen LogP contribution in [0.15, 0.2) is 72.8 Å². The molecule has 1 aliphatic carbocycles. The topological polar surface area (TPSA) is 35.5 Å². The molecule has 2 fully saturated rings. The molecule has 0 saturated carbocycles. The average molecular weight is 453 g/mol. The third kappa shape index (κ3) is 4.11. The molecule has 0 amide bonds. The van der Waals surface area contributed by atoms with Crippen LogP contribution in [-0.4, -0.2) is 31.3 Å². The van der Waals surface area contributed by atoms with Gasteiger partial charge in [0.25, 0.3) is 0 Å². The smallest absolute Gasteiger partial charge is 0.115 e. The van der Waals surface area contributed by atoms with E-state index >= 15 is 0 Å². The van der Waals surface area contributed by atoms with Crippen LogP contribution in [0.5, 0.6) is 5.75 Å². The van der Waals surface area contributed by atoms with Crippen molar-refractivity contribution in [3.05, 3.63) is 95.1 Å². The Bertz CT molecular complexity index is 1110. The third-order valence-electron chi connectivity index (χ3n) is 8.92. The van der Waals surface area contributed by atoms with Gasteiger partial charge in [-0.2, -0.15) is 0 Å². The zero-order chi connectivity index (χ0) is 23.0. The Morgan fingerprint density at radius 2 is 1.53 bits per heavy atom. The van der Waals surface area contributed by atoms with Gasteiger partial charge in [0.1, 0.15) is 5.75 Å². The molecule has 1 spiro atoms. The minimum Gasteiger partial charge on any atom is -0.508 e. The maximum atomic E-state index is 10.1. The number of fused-ring (bicyclic) bond motifs is 1. The van der Waals surface area contributed by atoms with Crippen LogP contribution in [0.3, 0.4) is 0 Å². The van der Waals surface area contributed by atoms with Gasteiger partial charge in [0.15, 0.2) is 0 Å². The summed E-state index contributed by atoms with van der Waals surface area (Å²) in [6, 6.07) is 26.4. The van der Waals surface area contributed by atoms with Crippen LogP contribution in [0.25, 0.3) is 0 Å². The monoisotopic (exact) mass is 452 g/mol. The second-order valence-corrected chi connectivity index (χ2v) is 10.7. The molecule has 3 aromatic rings. The van der Waals surface area contributed by atoms with E-state index in [1.54, 1.807) is 0 Å². The minimum absolute atomic E-state index is 0.320. The Balaban J connectivity index is 1.27. The minimum atomic E-state index is 0.320. The highest BCUT2D eigenvalue weighted by Gasteiger charge is 2.36. The molecule has 2 aliphatic heterocycles. The van der Waals surface area contributed by atoms with Crippen molar-refractivity contribution in [3.63, 3.8) is 0 Å². The van der Waals surface area contributed by atoms with Crippen molar-refractivity contribution in [1.29, 1.82) is 0 Å². The fraction of sp³-hybridized carbons (Fsp3) is 0.419. The van der Waals surface area contributed by atoms with Gasteiger partial charge in [-0.3, -0.25) is 0 Å². The van der Waals surface area contributed by atoms with Crippen molar-refractivity contribution in [2.24, 2.45) is 5.41 Å². The van der Waals surface area contributed by atoms with Crippen molar-refractivity contribution >= 4 is 5.69 Å². The number of hydrogen-bond donors (Lipinski definition) is 2. The average Bonchev–Trinajstić information content (AvgIpc) is 2.89. The molecule has 3 heteroatoms. The maximum Gasteiger partial charge on any atom is 0.115 e. The molecular formula is C31H36N2O. The molecule has 2 atom stereocenters. The fourth-order valence-electron chi connectivity index (χ4n) is 6.87. The largest absolute Gasteiger partial charge is 0.508 e. The first-order valence-electron chi connectivity index (χ1n) is 13.1. The van der Waals surface area contributed by atoms with E-state index in [1.165, 1.54) is 79.8 Å². The number of phenols is 1. The molecule has 2 unspecified atom stereocenters. The molecule has 3 nitrogen and oxygen atoms in total. The number of rotatable bonds is 3. The summed E-state index contributed by atoms with van der Waals surface area (Å²) in [5, 5.41) is 13.6. The SMILES string of the molecule is Oc1ccc2c(c1)CCC(c1ccccc1)C2c1ccc(N2CCC3(CCNCC3)CC2)cc1. The van der Waals surface area contributed by atoms with Gasteiger partial charge >= 0.3 is 0 Å². The lowest BCUT2D eigenvalue weighted by Crippen LogP contribution is -2.45. The highest BCUT2D eigenvalue weighted by Crippen LogP contribution is 2.47. The van der Waals surface area contributed by atoms with E-state index in [0.29, 0.717) is 23.0 Å². The molecule has 2 heterocycles. The maximum absolute atomic E-state index is 10.1. The van der Waals surface area contributed by atoms with Gasteiger partial charge in [0.05, 0.1) is 0 Å². The quantitative estimate of drug-likeness (QED) is 0.495. The molecule has 3 aliphatic rings. The first-order valence-corrected chi connectivity index (χ1v) is 13.1. The fourth-order valence-corrected chi connectivity index (χ4v) is 6.87. The summed E-state index contributed by atoms with van der Waals surface area (Å²) >= 11 is 0. The van der Waals surface area contributed by atoms with Crippen LogP contribution in [-0.2, 0) is 6.42 Å². The molecule has 6 rings (SSSR count). The van der Waals surface area contributed by atoms with Crippen LogP contribution in [0.2, 0.25) is 0 Å². The van der Waals surface area contributed by atoms with Gasteiger partial charge < -0.3 is 15.3 Å². The number of piperidine rings is 2. The van der Waals surface area contributed by atoms with Crippen molar-refractivity contribution in [3.8, 4) is 5.75 Å². The highest BCUT2D eigenvalue weighted by atomic mass is 16.3. The van der Waals surface area contributed by atoms with E-state index in [1.807, 2.05) is 12.1 Å². The molecule has 176 valence electrons. The Morgan fingerprint density at radius 1 is 0.794 bits per heavy atom. The summed E-state index contributed by atoms with van der Waals surface area (Å²) in [6.07, 6.45) is 7.46. The van der Waals surface area contributed by atoms with Crippen LogP contribution >= 0.6 is 0 Å². The van der Waals surface area contributed by atoms with Crippen molar-refractivity contribution in [1.82, 2.24) is 5.32 Å². The number of nitrogens with zero attached hydrogens (tertiary/aromatic N) is 1. The Morgan fingerprint density at radius 3 is 2.26 bits per heavy atom. The number of phenolic OH excluding ortho intramolecular Hbond substituents is 1. The van der Waals surface area contributed by atoms with E-state index < -0.39 is 0 Å². The number of aryl methyl sites for hydroxylation is 1. The summed E-state index contributed by atoms with van der Waals surface area (Å²) in [5.41, 5.74) is 7.42. The molecule has 2 N–H and O–H groups in total. The lowest BCUT2D eigenvalue weighted by Gasteiger charge is -2.45. The molecular weight excluding hydrogens is 416 g/mol. The Kier molecular flexibility index (Phi) is 5.82. The van der Waals surface area contributed by atoms with Gasteiger partial charge in [0, 0.05) is 24.7 Å². The van der Waals surface area contributed by atoms with E-state index in [2.05, 4.69) is 70.9 Å². The van der Waals surface area contributed by atoms with Crippen LogP contribution < -0.4 is 10.2 Å². The van der Waals surface area contributed by atoms with Gasteiger partial charge in [-0.1, -0.05) is 48.5 Å². The molecule has 2 saturated heterocycles. The van der Waals surface area contributed by atoms with E-state index in [0.717, 1.165) is 12.8 Å². The van der Waals surface area contributed by atoms with Gasteiger partial charge in [0.2, 0.25) is 0 Å². The number of nitrogens with one attached hydrogen (secondary N) is 1. The van der Waals surface area contributed by atoms with Crippen LogP contribution in [0.4, 0.5) is 5.69 Å². The normalized spacial score (nSPS) is 24.1. The summed E-state index contributed by atoms with van der Waals surface area (Å²) in [5.74, 6) is 1.15. The van der Waals surface area contributed by atoms with Gasteiger partial charge in [-0.05, 0) is 109 Å². The number of benzene rings is 3. The summed E-state index contributed by atoms with van der Waals surface area (Å²) in [4.78, 5) is 2.60. The van der Waals surface area contributed by atoms with E-state index in [4.69, 9.17) is 0 Å². The molecule has 3 aromatic carbocycles. The standard InChI is InChI=1S/C31H36N2O/c34-27-11-13-29-25(22-27)8-12-28(23-4-2-1-3-5-23)30(29)24-6-9-26(10-7-24)33-20-16-31(17-21-33)14-18-32-19-15-31/h1-7,9-11,13,22,28,30,32,34H,8,12,14-21H2. The van der Waals surface area contributed by atoms with Crippen molar-refractivity contribution in [2.45, 2.75) is 50.4 Å². The van der Waals surface area contributed by atoms with Gasteiger partial charge in [-0.15, -0.1) is 0 Å². The predicted molar refractivity (Wildman–Crippen MR) is 140 cm³/mol. The van der Waals surface area contributed by atoms with Crippen molar-refractivity contribution in [2.75, 3.05) is 31.1 Å². The Hall–Kier alpha value is -2.78. The third-order valence-corrected chi connectivity index (χ3v) is 8.92. The zero-order valence-corrected chi connectivity index (χ0v) is 20.0. The van der Waals surface area contributed by atoms with E-state index in [-0.39, 0.29) is 0 Å². The number of aromatic hydroxyl groups is 1. The van der Waals surface area contributed by atoms with E-state index in [9.17, 15) is 5.11 Å². The summed E-state index contributed by atoms with van der Waals surface area (Å²) in [6.45, 7) is 4.74. The number of hydrogen-bond acceptors (Lipinski definition) is 3. The molecule has 0 aromatic heterocycles. The lowest BCUT2D eigenvalue weighted by atomic mass is 9.69. The van der Waals surface area contributed by atoms with Crippen LogP contribution in [0, 0.1) is 5.41 Å². The summed E-state index contributed by atoms with van der Waals surface area (Å²) in [7, 11) is 0. The zero-order valence-electron chi connectivity index (χ0n) is 20.0. The molecule has 0 radical (unpaired) electrons. The second kappa shape index (κ2) is 9.11. The molecule has 0 bridgehead atoms. The number of anilines is 1. The lowest BCUT2D eigenvalue weighted by molar-refractivity contribution is 0.155. The van der Waals surface area contributed by atoms with Gasteiger partial charge in [-0.25, -0.2) is 0 Å². The first-order chi connectivity index (χ1) is 16.7. The second-order valence-electron chi connectivity index (χ2n) is 10.7. The molecule has 34 heavy (non-hydrogen) atoms. The Labute approximate surface area is 203 Å². The highest BCUT2D eigenvalue weighted by molar-refractivity contribution is 5.52.